The lowest BCUT2D eigenvalue weighted by Crippen LogP contribution is -2.23. The average molecular weight is 248 g/mol. The van der Waals surface area contributed by atoms with Crippen LogP contribution in [0.2, 0.25) is 0 Å². The van der Waals surface area contributed by atoms with Crippen LogP contribution in [0.15, 0.2) is 0 Å². The summed E-state index contributed by atoms with van der Waals surface area (Å²) in [5, 5.41) is 3.35. The minimum atomic E-state index is 0.926. The van der Waals surface area contributed by atoms with E-state index in [-0.39, 0.29) is 0 Å². The molecule has 4 heteroatoms. The van der Waals surface area contributed by atoms with Crippen molar-refractivity contribution in [3.8, 4) is 0 Å². The van der Waals surface area contributed by atoms with Crippen LogP contribution in [-0.2, 0) is 6.42 Å². The molecule has 0 radical (unpaired) electrons. The fourth-order valence-corrected chi connectivity index (χ4v) is 2.53. The molecule has 0 amide bonds. The highest BCUT2D eigenvalue weighted by molar-refractivity contribution is 5.37. The maximum absolute atomic E-state index is 4.68. The van der Waals surface area contributed by atoms with Gasteiger partial charge in [0.05, 0.1) is 0 Å². The normalized spacial score (nSPS) is 15.4. The van der Waals surface area contributed by atoms with Crippen LogP contribution in [0.5, 0.6) is 0 Å². The lowest BCUT2D eigenvalue weighted by Gasteiger charge is -2.18. The third-order valence-corrected chi connectivity index (χ3v) is 3.60. The molecule has 1 N–H and O–H groups in total. The Morgan fingerprint density at radius 2 is 1.72 bits per heavy atom. The minimum absolute atomic E-state index is 0.926. The summed E-state index contributed by atoms with van der Waals surface area (Å²) in [6.45, 7) is 10.6. The highest BCUT2D eigenvalue weighted by Crippen LogP contribution is 2.19. The summed E-state index contributed by atoms with van der Waals surface area (Å²) < 4.78 is 0. The van der Waals surface area contributed by atoms with E-state index in [1.54, 1.807) is 0 Å². The van der Waals surface area contributed by atoms with Crippen molar-refractivity contribution in [2.24, 2.45) is 0 Å². The molecule has 0 spiro atoms. The zero-order valence-electron chi connectivity index (χ0n) is 11.8. The molecule has 4 nitrogen and oxygen atoms in total. The van der Waals surface area contributed by atoms with E-state index >= 15 is 0 Å². The molecule has 0 atom stereocenters. The van der Waals surface area contributed by atoms with Gasteiger partial charge in [-0.15, -0.1) is 0 Å². The molecule has 0 bridgehead atoms. The van der Waals surface area contributed by atoms with Crippen molar-refractivity contribution in [1.29, 1.82) is 0 Å². The van der Waals surface area contributed by atoms with E-state index in [2.05, 4.69) is 41.0 Å². The van der Waals surface area contributed by atoms with Crippen molar-refractivity contribution in [3.05, 3.63) is 17.0 Å². The monoisotopic (exact) mass is 248 g/mol. The van der Waals surface area contributed by atoms with E-state index in [4.69, 9.17) is 0 Å². The standard InChI is InChI=1S/C14H24N4/c1-4-15-8-7-13-11(2)16-14(17-12(13)3)18-9-5-6-10-18/h15H,4-10H2,1-3H3. The largest absolute Gasteiger partial charge is 0.341 e. The van der Waals surface area contributed by atoms with Gasteiger partial charge in [0.2, 0.25) is 5.95 Å². The summed E-state index contributed by atoms with van der Waals surface area (Å²) in [6.07, 6.45) is 3.55. The predicted molar refractivity (Wildman–Crippen MR) is 75.2 cm³/mol. The van der Waals surface area contributed by atoms with Crippen LogP contribution in [0.3, 0.4) is 0 Å². The first kappa shape index (κ1) is 13.3. The van der Waals surface area contributed by atoms with Crippen LogP contribution in [0, 0.1) is 13.8 Å². The summed E-state index contributed by atoms with van der Waals surface area (Å²) in [4.78, 5) is 11.7. The second-order valence-electron chi connectivity index (χ2n) is 4.97. The van der Waals surface area contributed by atoms with Gasteiger partial charge in [0.15, 0.2) is 0 Å². The second kappa shape index (κ2) is 6.14. The van der Waals surface area contributed by atoms with Gasteiger partial charge in [-0.1, -0.05) is 6.92 Å². The Morgan fingerprint density at radius 3 is 2.28 bits per heavy atom. The number of rotatable bonds is 5. The van der Waals surface area contributed by atoms with Gasteiger partial charge in [-0.2, -0.15) is 0 Å². The van der Waals surface area contributed by atoms with Crippen molar-refractivity contribution >= 4 is 5.95 Å². The molecule has 2 rings (SSSR count). The van der Waals surface area contributed by atoms with E-state index in [0.29, 0.717) is 0 Å². The van der Waals surface area contributed by atoms with Crippen molar-refractivity contribution in [1.82, 2.24) is 15.3 Å². The Labute approximate surface area is 110 Å². The molecule has 1 aliphatic rings. The molecule has 0 unspecified atom stereocenters. The molecule has 1 fully saturated rings. The highest BCUT2D eigenvalue weighted by Gasteiger charge is 2.17. The Kier molecular flexibility index (Phi) is 4.53. The number of likely N-dealkylation sites (N-methyl/N-ethyl adjacent to an activating group) is 1. The van der Waals surface area contributed by atoms with Crippen LogP contribution in [0.1, 0.15) is 36.7 Å². The molecular weight excluding hydrogens is 224 g/mol. The van der Waals surface area contributed by atoms with Crippen LogP contribution in [-0.4, -0.2) is 36.1 Å². The van der Waals surface area contributed by atoms with E-state index < -0.39 is 0 Å². The topological polar surface area (TPSA) is 41.1 Å². The maximum Gasteiger partial charge on any atom is 0.225 e. The lowest BCUT2D eigenvalue weighted by molar-refractivity contribution is 0.706. The van der Waals surface area contributed by atoms with Gasteiger partial charge in [-0.05, 0) is 51.8 Å². The number of nitrogens with one attached hydrogen (secondary N) is 1. The van der Waals surface area contributed by atoms with Crippen LogP contribution < -0.4 is 10.2 Å². The van der Waals surface area contributed by atoms with Gasteiger partial charge in [-0.3, -0.25) is 0 Å². The second-order valence-corrected chi connectivity index (χ2v) is 4.97. The fraction of sp³-hybridized carbons (Fsp3) is 0.714. The van der Waals surface area contributed by atoms with E-state index in [1.807, 2.05) is 0 Å². The van der Waals surface area contributed by atoms with E-state index in [9.17, 15) is 0 Å². The van der Waals surface area contributed by atoms with Crippen LogP contribution >= 0.6 is 0 Å². The third kappa shape index (κ3) is 2.99. The maximum atomic E-state index is 4.68. The summed E-state index contributed by atoms with van der Waals surface area (Å²) in [6, 6.07) is 0. The van der Waals surface area contributed by atoms with Crippen LogP contribution in [0.4, 0.5) is 5.95 Å². The molecule has 18 heavy (non-hydrogen) atoms. The number of anilines is 1. The lowest BCUT2D eigenvalue weighted by atomic mass is 10.1. The molecule has 0 aliphatic carbocycles. The molecule has 1 saturated heterocycles. The SMILES string of the molecule is CCNCCc1c(C)nc(N2CCCC2)nc1C. The molecule has 1 aromatic heterocycles. The van der Waals surface area contributed by atoms with Crippen molar-refractivity contribution in [2.45, 2.75) is 40.0 Å². The third-order valence-electron chi connectivity index (χ3n) is 3.60. The van der Waals surface area contributed by atoms with Gasteiger partial charge in [-0.25, -0.2) is 9.97 Å². The Hall–Kier alpha value is -1.16. The van der Waals surface area contributed by atoms with Gasteiger partial charge < -0.3 is 10.2 Å². The Morgan fingerprint density at radius 1 is 1.11 bits per heavy atom. The van der Waals surface area contributed by atoms with Crippen molar-refractivity contribution in [3.63, 3.8) is 0 Å². The number of aromatic nitrogens is 2. The number of aryl methyl sites for hydroxylation is 2. The smallest absolute Gasteiger partial charge is 0.225 e. The Bertz CT molecular complexity index is 374. The number of nitrogens with zero attached hydrogens (tertiary/aromatic N) is 3. The van der Waals surface area contributed by atoms with E-state index in [0.717, 1.165) is 49.9 Å². The number of hydrogen-bond acceptors (Lipinski definition) is 4. The molecular formula is C14H24N4. The number of hydrogen-bond donors (Lipinski definition) is 1. The molecule has 0 saturated carbocycles. The van der Waals surface area contributed by atoms with Gasteiger partial charge in [0.25, 0.3) is 0 Å². The van der Waals surface area contributed by atoms with E-state index in [1.165, 1.54) is 18.4 Å². The molecule has 100 valence electrons. The first-order valence-electron chi connectivity index (χ1n) is 7.02. The molecule has 1 aliphatic heterocycles. The van der Waals surface area contributed by atoms with Gasteiger partial charge in [0, 0.05) is 24.5 Å². The summed E-state index contributed by atoms with van der Waals surface area (Å²) in [7, 11) is 0. The van der Waals surface area contributed by atoms with Gasteiger partial charge in [0.1, 0.15) is 0 Å². The highest BCUT2D eigenvalue weighted by atomic mass is 15.3. The zero-order valence-corrected chi connectivity index (χ0v) is 11.8. The van der Waals surface area contributed by atoms with Crippen molar-refractivity contribution in [2.75, 3.05) is 31.1 Å². The van der Waals surface area contributed by atoms with Crippen LogP contribution in [0.25, 0.3) is 0 Å². The molecule has 2 heterocycles. The first-order valence-corrected chi connectivity index (χ1v) is 7.02. The summed E-state index contributed by atoms with van der Waals surface area (Å²) in [5.41, 5.74) is 3.59. The van der Waals surface area contributed by atoms with Crippen molar-refractivity contribution < 1.29 is 0 Å². The quantitative estimate of drug-likeness (QED) is 0.807. The summed E-state index contributed by atoms with van der Waals surface area (Å²) in [5.74, 6) is 0.926. The minimum Gasteiger partial charge on any atom is -0.341 e. The molecule has 1 aromatic rings. The van der Waals surface area contributed by atoms with Gasteiger partial charge >= 0.3 is 0 Å². The Balaban J connectivity index is 2.12. The fourth-order valence-electron chi connectivity index (χ4n) is 2.53. The average Bonchev–Trinajstić information content (AvgIpc) is 2.86. The summed E-state index contributed by atoms with van der Waals surface area (Å²) >= 11 is 0. The zero-order chi connectivity index (χ0) is 13.0. The predicted octanol–water partition coefficient (Wildman–Crippen LogP) is 1.85. The first-order chi connectivity index (χ1) is 8.72. The molecule has 0 aromatic carbocycles.